The highest BCUT2D eigenvalue weighted by Gasteiger charge is 1.96. The molecule has 0 heterocycles. The first kappa shape index (κ1) is 11.8. The summed E-state index contributed by atoms with van der Waals surface area (Å²) in [5.74, 6) is -0.278. The van der Waals surface area contributed by atoms with E-state index in [9.17, 15) is 4.79 Å². The van der Waals surface area contributed by atoms with Crippen molar-refractivity contribution >= 4 is 11.6 Å². The minimum atomic E-state index is -0.278. The van der Waals surface area contributed by atoms with Gasteiger partial charge in [0, 0.05) is 13.0 Å². The maximum Gasteiger partial charge on any atom is 0.242 e. The summed E-state index contributed by atoms with van der Waals surface area (Å²) in [4.78, 5) is 10.9. The first-order valence-electron chi connectivity index (χ1n) is 4.66. The largest absolute Gasteiger partial charge is 0.330 e. The van der Waals surface area contributed by atoms with Crippen molar-refractivity contribution in [2.45, 2.75) is 6.42 Å². The maximum absolute atomic E-state index is 10.9. The molecule has 1 aromatic rings. The summed E-state index contributed by atoms with van der Waals surface area (Å²) < 4.78 is 0. The standard InChI is InChI=1S/C10H11N5O/c11-6-5-10(16)14-15-13-9-3-1-8(7-12)2-4-9/h1-4H,5-6,11H2,(H,13,14,16). The Labute approximate surface area is 92.8 Å². The van der Waals surface area contributed by atoms with Crippen LogP contribution in [0.2, 0.25) is 0 Å². The number of amides is 1. The zero-order valence-electron chi connectivity index (χ0n) is 8.55. The minimum Gasteiger partial charge on any atom is -0.330 e. The zero-order chi connectivity index (χ0) is 11.8. The Morgan fingerprint density at radius 3 is 2.69 bits per heavy atom. The van der Waals surface area contributed by atoms with E-state index in [0.29, 0.717) is 11.3 Å². The quantitative estimate of drug-likeness (QED) is 0.581. The van der Waals surface area contributed by atoms with E-state index in [-0.39, 0.29) is 18.9 Å². The highest BCUT2D eigenvalue weighted by atomic mass is 16.2. The Kier molecular flexibility index (Phi) is 4.63. The Balaban J connectivity index is 2.50. The van der Waals surface area contributed by atoms with Gasteiger partial charge in [-0.1, -0.05) is 5.22 Å². The van der Waals surface area contributed by atoms with E-state index in [0.717, 1.165) is 0 Å². The maximum atomic E-state index is 10.9. The van der Waals surface area contributed by atoms with Crippen molar-refractivity contribution in [3.63, 3.8) is 0 Å². The van der Waals surface area contributed by atoms with Crippen LogP contribution < -0.4 is 11.2 Å². The van der Waals surface area contributed by atoms with E-state index in [1.807, 2.05) is 6.07 Å². The number of benzene rings is 1. The van der Waals surface area contributed by atoms with Gasteiger partial charge < -0.3 is 5.73 Å². The van der Waals surface area contributed by atoms with Gasteiger partial charge in [-0.05, 0) is 24.3 Å². The van der Waals surface area contributed by atoms with Crippen LogP contribution in [0.1, 0.15) is 12.0 Å². The number of carbonyl (C=O) groups excluding carboxylic acids is 1. The van der Waals surface area contributed by atoms with Gasteiger partial charge in [-0.15, -0.1) is 5.11 Å². The Morgan fingerprint density at radius 2 is 2.12 bits per heavy atom. The summed E-state index contributed by atoms with van der Waals surface area (Å²) in [5, 5.41) is 15.8. The molecule has 0 bridgehead atoms. The molecule has 1 amide bonds. The molecule has 0 unspecified atom stereocenters. The second kappa shape index (κ2) is 6.27. The van der Waals surface area contributed by atoms with Crippen molar-refractivity contribution in [2.24, 2.45) is 16.1 Å². The molecular weight excluding hydrogens is 206 g/mol. The number of hydrogen-bond donors (Lipinski definition) is 2. The van der Waals surface area contributed by atoms with Crippen molar-refractivity contribution in [1.29, 1.82) is 5.26 Å². The molecule has 16 heavy (non-hydrogen) atoms. The van der Waals surface area contributed by atoms with Crippen LogP contribution in [0.3, 0.4) is 0 Å². The number of nitrogens with one attached hydrogen (secondary N) is 1. The molecule has 3 N–H and O–H groups in total. The van der Waals surface area contributed by atoms with Crippen molar-refractivity contribution in [1.82, 2.24) is 5.43 Å². The molecule has 0 atom stereocenters. The zero-order valence-corrected chi connectivity index (χ0v) is 8.55. The van der Waals surface area contributed by atoms with E-state index >= 15 is 0 Å². The predicted octanol–water partition coefficient (Wildman–Crippen LogP) is 1.02. The van der Waals surface area contributed by atoms with Gasteiger partial charge in [0.15, 0.2) is 0 Å². The lowest BCUT2D eigenvalue weighted by Crippen LogP contribution is -2.19. The normalized spacial score (nSPS) is 10.0. The third-order valence-corrected chi connectivity index (χ3v) is 1.71. The van der Waals surface area contributed by atoms with Crippen molar-refractivity contribution in [3.8, 4) is 6.07 Å². The van der Waals surface area contributed by atoms with E-state index in [1.165, 1.54) is 0 Å². The molecule has 1 rings (SSSR count). The topological polar surface area (TPSA) is 104 Å². The summed E-state index contributed by atoms with van der Waals surface area (Å²) in [6.45, 7) is 0.276. The summed E-state index contributed by atoms with van der Waals surface area (Å²) in [6, 6.07) is 8.50. The highest BCUT2D eigenvalue weighted by Crippen LogP contribution is 2.12. The number of hydrogen-bond acceptors (Lipinski definition) is 5. The molecule has 0 aromatic heterocycles. The minimum absolute atomic E-state index is 0.215. The van der Waals surface area contributed by atoms with Crippen LogP contribution in [0.5, 0.6) is 0 Å². The first-order chi connectivity index (χ1) is 7.76. The van der Waals surface area contributed by atoms with Crippen LogP contribution >= 0.6 is 0 Å². The van der Waals surface area contributed by atoms with Gasteiger partial charge >= 0.3 is 0 Å². The van der Waals surface area contributed by atoms with Gasteiger partial charge in [0.25, 0.3) is 0 Å². The number of nitrogens with two attached hydrogens (primary N) is 1. The molecule has 0 aliphatic rings. The van der Waals surface area contributed by atoms with Crippen molar-refractivity contribution in [2.75, 3.05) is 6.54 Å². The number of nitriles is 1. The average Bonchev–Trinajstić information content (AvgIpc) is 2.30. The molecule has 0 aliphatic carbocycles. The molecule has 0 fully saturated rings. The molecule has 0 radical (unpaired) electrons. The van der Waals surface area contributed by atoms with E-state index in [4.69, 9.17) is 11.0 Å². The Bertz CT molecular complexity index is 418. The highest BCUT2D eigenvalue weighted by molar-refractivity contribution is 5.75. The van der Waals surface area contributed by atoms with Gasteiger partial charge in [-0.3, -0.25) is 4.79 Å². The average molecular weight is 217 g/mol. The Morgan fingerprint density at radius 1 is 1.44 bits per heavy atom. The lowest BCUT2D eigenvalue weighted by Gasteiger charge is -1.95. The third kappa shape index (κ3) is 3.86. The van der Waals surface area contributed by atoms with Crippen LogP contribution in [-0.2, 0) is 4.79 Å². The van der Waals surface area contributed by atoms with E-state index in [1.54, 1.807) is 24.3 Å². The Hall–Kier alpha value is -2.26. The monoisotopic (exact) mass is 217 g/mol. The molecule has 0 spiro atoms. The van der Waals surface area contributed by atoms with E-state index < -0.39 is 0 Å². The van der Waals surface area contributed by atoms with Crippen LogP contribution in [-0.4, -0.2) is 12.5 Å². The summed E-state index contributed by atoms with van der Waals surface area (Å²) in [5.41, 5.74) is 8.52. The fraction of sp³-hybridized carbons (Fsp3) is 0.200. The molecule has 0 saturated heterocycles. The molecule has 6 heteroatoms. The SMILES string of the molecule is N#Cc1ccc(N=NNC(=O)CCN)cc1. The fourth-order valence-corrected chi connectivity index (χ4v) is 0.928. The second-order valence-electron chi connectivity index (χ2n) is 2.93. The first-order valence-corrected chi connectivity index (χ1v) is 4.66. The molecule has 1 aromatic carbocycles. The molecule has 0 aliphatic heterocycles. The van der Waals surface area contributed by atoms with Gasteiger partial charge in [0.2, 0.25) is 5.91 Å². The van der Waals surface area contributed by atoms with Crippen LogP contribution in [0.15, 0.2) is 34.6 Å². The molecule has 82 valence electrons. The number of rotatable bonds is 4. The molecule has 0 saturated carbocycles. The fourth-order valence-electron chi connectivity index (χ4n) is 0.928. The van der Waals surface area contributed by atoms with Crippen LogP contribution in [0.25, 0.3) is 0 Å². The van der Waals surface area contributed by atoms with Crippen LogP contribution in [0.4, 0.5) is 5.69 Å². The molecule has 6 nitrogen and oxygen atoms in total. The van der Waals surface area contributed by atoms with Crippen molar-refractivity contribution in [3.05, 3.63) is 29.8 Å². The van der Waals surface area contributed by atoms with Gasteiger partial charge in [0.1, 0.15) is 0 Å². The summed E-state index contributed by atoms with van der Waals surface area (Å²) >= 11 is 0. The number of carbonyl (C=O) groups is 1. The molecular formula is C10H11N5O. The summed E-state index contributed by atoms with van der Waals surface area (Å²) in [6.07, 6.45) is 0.215. The van der Waals surface area contributed by atoms with Crippen molar-refractivity contribution < 1.29 is 4.79 Å². The smallest absolute Gasteiger partial charge is 0.242 e. The van der Waals surface area contributed by atoms with Gasteiger partial charge in [-0.2, -0.15) is 5.26 Å². The van der Waals surface area contributed by atoms with Gasteiger partial charge in [0.05, 0.1) is 17.3 Å². The van der Waals surface area contributed by atoms with Gasteiger partial charge in [-0.25, -0.2) is 5.43 Å². The predicted molar refractivity (Wildman–Crippen MR) is 57.5 cm³/mol. The lowest BCUT2D eigenvalue weighted by molar-refractivity contribution is -0.121. The van der Waals surface area contributed by atoms with Crippen LogP contribution in [0, 0.1) is 11.3 Å². The number of nitrogens with zero attached hydrogens (tertiary/aromatic N) is 3. The third-order valence-electron chi connectivity index (χ3n) is 1.71. The second-order valence-corrected chi connectivity index (χ2v) is 2.93. The lowest BCUT2D eigenvalue weighted by atomic mass is 10.2. The van der Waals surface area contributed by atoms with E-state index in [2.05, 4.69) is 15.8 Å². The summed E-state index contributed by atoms with van der Waals surface area (Å²) in [7, 11) is 0.